The number of hydrogen-bond donors (Lipinski definition) is 0. The fourth-order valence-corrected chi connectivity index (χ4v) is 3.69. The van der Waals surface area contributed by atoms with E-state index in [0.29, 0.717) is 24.5 Å². The number of nitrogens with zero attached hydrogens (tertiary/aromatic N) is 1. The van der Waals surface area contributed by atoms with Gasteiger partial charge < -0.3 is 4.90 Å². The molecule has 0 heterocycles. The van der Waals surface area contributed by atoms with Crippen molar-refractivity contribution < 1.29 is 9.59 Å². The average molecular weight is 309 g/mol. The first kappa shape index (κ1) is 19.2. The minimum Gasteiger partial charge on any atom is -0.343 e. The quantitative estimate of drug-likeness (QED) is 0.523. The lowest BCUT2D eigenvalue weighted by atomic mass is 9.87. The molecule has 128 valence electrons. The van der Waals surface area contributed by atoms with Gasteiger partial charge in [-0.25, -0.2) is 0 Å². The average Bonchev–Trinajstić information content (AvgIpc) is 2.84. The smallest absolute Gasteiger partial charge is 0.222 e. The van der Waals surface area contributed by atoms with Crippen LogP contribution >= 0.6 is 0 Å². The molecular formula is C19H35NO2. The first-order valence-corrected chi connectivity index (χ1v) is 9.44. The van der Waals surface area contributed by atoms with Crippen molar-refractivity contribution in [1.29, 1.82) is 0 Å². The van der Waals surface area contributed by atoms with Crippen LogP contribution in [0.3, 0.4) is 0 Å². The Morgan fingerprint density at radius 1 is 1.05 bits per heavy atom. The van der Waals surface area contributed by atoms with E-state index < -0.39 is 0 Å². The first-order chi connectivity index (χ1) is 10.6. The Labute approximate surface area is 136 Å². The number of carbonyl (C=O) groups is 2. The van der Waals surface area contributed by atoms with E-state index >= 15 is 0 Å². The van der Waals surface area contributed by atoms with Crippen molar-refractivity contribution in [3.05, 3.63) is 0 Å². The van der Waals surface area contributed by atoms with Gasteiger partial charge in [-0.1, -0.05) is 45.4 Å². The molecule has 3 nitrogen and oxygen atoms in total. The molecule has 1 saturated carbocycles. The van der Waals surface area contributed by atoms with Crippen LogP contribution in [0.4, 0.5) is 0 Å². The Morgan fingerprint density at radius 3 is 2.32 bits per heavy atom. The third-order valence-electron chi connectivity index (χ3n) is 5.17. The molecule has 22 heavy (non-hydrogen) atoms. The zero-order valence-electron chi connectivity index (χ0n) is 14.9. The normalized spacial score (nSPS) is 21.3. The molecule has 1 aliphatic rings. The van der Waals surface area contributed by atoms with E-state index in [2.05, 4.69) is 6.92 Å². The predicted molar refractivity (Wildman–Crippen MR) is 91.8 cm³/mol. The molecule has 0 aromatic carbocycles. The van der Waals surface area contributed by atoms with E-state index in [9.17, 15) is 9.59 Å². The van der Waals surface area contributed by atoms with Gasteiger partial charge in [0.15, 0.2) is 0 Å². The van der Waals surface area contributed by atoms with Crippen LogP contribution in [-0.4, -0.2) is 29.7 Å². The zero-order chi connectivity index (χ0) is 16.4. The lowest BCUT2D eigenvalue weighted by molar-refractivity contribution is -0.132. The fourth-order valence-electron chi connectivity index (χ4n) is 3.69. The maximum absolute atomic E-state index is 12.3. The van der Waals surface area contributed by atoms with E-state index in [4.69, 9.17) is 0 Å². The predicted octanol–water partition coefficient (Wildman–Crippen LogP) is 4.59. The number of ketones is 1. The van der Waals surface area contributed by atoms with Gasteiger partial charge in [0.2, 0.25) is 5.91 Å². The van der Waals surface area contributed by atoms with Crippen LogP contribution in [0, 0.1) is 11.8 Å². The number of rotatable bonds is 11. The highest BCUT2D eigenvalue weighted by molar-refractivity contribution is 5.85. The molecule has 0 aliphatic heterocycles. The molecule has 0 saturated heterocycles. The molecule has 0 aromatic rings. The molecule has 0 bridgehead atoms. The third kappa shape index (κ3) is 6.10. The van der Waals surface area contributed by atoms with Crippen LogP contribution in [0.1, 0.15) is 85.0 Å². The zero-order valence-corrected chi connectivity index (χ0v) is 14.9. The number of unbranched alkanes of at least 4 members (excludes halogenated alkanes) is 5. The van der Waals surface area contributed by atoms with Crippen molar-refractivity contribution in [3.63, 3.8) is 0 Å². The largest absolute Gasteiger partial charge is 0.343 e. The summed E-state index contributed by atoms with van der Waals surface area (Å²) in [6, 6.07) is 0. The molecule has 2 atom stereocenters. The second-order valence-electron chi connectivity index (χ2n) is 6.70. The molecule has 3 heteroatoms. The molecule has 0 spiro atoms. The Hall–Kier alpha value is -0.860. The topological polar surface area (TPSA) is 37.4 Å². The Kier molecular flexibility index (Phi) is 9.42. The van der Waals surface area contributed by atoms with E-state index in [1.165, 1.54) is 32.1 Å². The van der Waals surface area contributed by atoms with Gasteiger partial charge in [0.1, 0.15) is 5.78 Å². The molecule has 1 amide bonds. The summed E-state index contributed by atoms with van der Waals surface area (Å²) >= 11 is 0. The van der Waals surface area contributed by atoms with Crippen LogP contribution in [0.5, 0.6) is 0 Å². The van der Waals surface area contributed by atoms with Crippen molar-refractivity contribution in [3.8, 4) is 0 Å². The molecule has 0 aromatic heterocycles. The summed E-state index contributed by atoms with van der Waals surface area (Å²) < 4.78 is 0. The number of carbonyl (C=O) groups excluding carboxylic acids is 2. The summed E-state index contributed by atoms with van der Waals surface area (Å²) in [7, 11) is 0. The summed E-state index contributed by atoms with van der Waals surface area (Å²) in [5.74, 6) is 1.10. The van der Waals surface area contributed by atoms with Gasteiger partial charge in [0.05, 0.1) is 0 Å². The van der Waals surface area contributed by atoms with Crippen molar-refractivity contribution in [2.75, 3.05) is 13.1 Å². The molecule has 1 fully saturated rings. The molecule has 2 unspecified atom stereocenters. The van der Waals surface area contributed by atoms with Crippen LogP contribution in [0.2, 0.25) is 0 Å². The van der Waals surface area contributed by atoms with Gasteiger partial charge >= 0.3 is 0 Å². The maximum Gasteiger partial charge on any atom is 0.222 e. The van der Waals surface area contributed by atoms with Crippen molar-refractivity contribution >= 4 is 11.7 Å². The van der Waals surface area contributed by atoms with Gasteiger partial charge in [-0.2, -0.15) is 0 Å². The highest BCUT2D eigenvalue weighted by Gasteiger charge is 2.35. The Bertz CT molecular complexity index is 336. The van der Waals surface area contributed by atoms with Crippen molar-refractivity contribution in [2.45, 2.75) is 85.0 Å². The summed E-state index contributed by atoms with van der Waals surface area (Å²) in [6.45, 7) is 7.83. The number of amides is 1. The van der Waals surface area contributed by atoms with Gasteiger partial charge in [-0.05, 0) is 32.6 Å². The lowest BCUT2D eigenvalue weighted by Crippen LogP contribution is -2.32. The van der Waals surface area contributed by atoms with E-state index in [1.54, 1.807) is 0 Å². The third-order valence-corrected chi connectivity index (χ3v) is 5.17. The van der Waals surface area contributed by atoms with Crippen LogP contribution in [0.25, 0.3) is 0 Å². The molecule has 1 aliphatic carbocycles. The summed E-state index contributed by atoms with van der Waals surface area (Å²) in [5, 5.41) is 0. The van der Waals surface area contributed by atoms with E-state index in [1.807, 2.05) is 18.7 Å². The van der Waals surface area contributed by atoms with Gasteiger partial charge in [-0.3, -0.25) is 9.59 Å². The van der Waals surface area contributed by atoms with Crippen LogP contribution < -0.4 is 0 Å². The SMILES string of the molecule is CCCCCCCCC1C(=O)CCC1CC(=O)N(CC)CC. The number of hydrogen-bond acceptors (Lipinski definition) is 2. The highest BCUT2D eigenvalue weighted by Crippen LogP contribution is 2.35. The minimum absolute atomic E-state index is 0.158. The second-order valence-corrected chi connectivity index (χ2v) is 6.70. The van der Waals surface area contributed by atoms with Gasteiger partial charge in [0.25, 0.3) is 0 Å². The standard InChI is InChI=1S/C19H35NO2/c1-4-7-8-9-10-11-12-17-16(13-14-18(17)21)15-19(22)20(5-2)6-3/h16-17H,4-15H2,1-3H3. The van der Waals surface area contributed by atoms with Gasteiger partial charge in [0, 0.05) is 31.8 Å². The molecular weight excluding hydrogens is 274 g/mol. The van der Waals surface area contributed by atoms with E-state index in [0.717, 1.165) is 32.4 Å². The summed E-state index contributed by atoms with van der Waals surface area (Å²) in [4.78, 5) is 26.3. The van der Waals surface area contributed by atoms with Crippen LogP contribution in [0.15, 0.2) is 0 Å². The Morgan fingerprint density at radius 2 is 1.68 bits per heavy atom. The van der Waals surface area contributed by atoms with Crippen molar-refractivity contribution in [2.24, 2.45) is 11.8 Å². The maximum atomic E-state index is 12.3. The van der Waals surface area contributed by atoms with Crippen LogP contribution in [-0.2, 0) is 9.59 Å². The molecule has 0 radical (unpaired) electrons. The second kappa shape index (κ2) is 10.8. The first-order valence-electron chi connectivity index (χ1n) is 9.44. The highest BCUT2D eigenvalue weighted by atomic mass is 16.2. The Balaban J connectivity index is 2.36. The summed E-state index contributed by atoms with van der Waals surface area (Å²) in [5.41, 5.74) is 0. The van der Waals surface area contributed by atoms with Crippen molar-refractivity contribution in [1.82, 2.24) is 4.90 Å². The monoisotopic (exact) mass is 309 g/mol. The summed E-state index contributed by atoms with van der Waals surface area (Å²) in [6.07, 6.45) is 10.8. The number of Topliss-reactive ketones (excluding diaryl/α,β-unsaturated/α-hetero) is 1. The lowest BCUT2D eigenvalue weighted by Gasteiger charge is -2.23. The van der Waals surface area contributed by atoms with E-state index in [-0.39, 0.29) is 11.8 Å². The molecule has 0 N–H and O–H groups in total. The minimum atomic E-state index is 0.158. The van der Waals surface area contributed by atoms with Gasteiger partial charge in [-0.15, -0.1) is 0 Å². The molecule has 1 rings (SSSR count). The fraction of sp³-hybridized carbons (Fsp3) is 0.895.